The molecule has 0 aromatic heterocycles. The van der Waals surface area contributed by atoms with Crippen LogP contribution in [0, 0.1) is 0 Å². The summed E-state index contributed by atoms with van der Waals surface area (Å²) in [6.45, 7) is 11.1. The van der Waals surface area contributed by atoms with Gasteiger partial charge in [0.2, 0.25) is 0 Å². The van der Waals surface area contributed by atoms with Crippen LogP contribution in [-0.2, 0) is 9.53 Å². The minimum atomic E-state index is -0.301. The zero-order chi connectivity index (χ0) is 12.7. The number of allylic oxidation sites excluding steroid dienone is 1. The van der Waals surface area contributed by atoms with Gasteiger partial charge in [0, 0.05) is 19.5 Å². The van der Waals surface area contributed by atoms with Gasteiger partial charge < -0.3 is 4.74 Å². The molecule has 1 unspecified atom stereocenters. The first-order chi connectivity index (χ1) is 8.15. The van der Waals surface area contributed by atoms with Crippen molar-refractivity contribution in [3.8, 4) is 0 Å². The fourth-order valence-corrected chi connectivity index (χ4v) is 2.33. The maximum Gasteiger partial charge on any atom is 0.152 e. The molecule has 3 nitrogen and oxygen atoms in total. The van der Waals surface area contributed by atoms with E-state index < -0.39 is 0 Å². The third kappa shape index (κ3) is 3.65. The summed E-state index contributed by atoms with van der Waals surface area (Å²) in [6, 6.07) is 0. The van der Waals surface area contributed by atoms with Crippen molar-refractivity contribution in [2.45, 2.75) is 45.1 Å². The summed E-state index contributed by atoms with van der Waals surface area (Å²) < 4.78 is 5.35. The minimum absolute atomic E-state index is 0.301. The maximum atomic E-state index is 12.4. The SMILES string of the molecule is C=CCCCC(=O)C(C)(CC)N1CCOCC1. The molecule has 0 saturated carbocycles. The second-order valence-corrected chi connectivity index (χ2v) is 4.83. The van der Waals surface area contributed by atoms with E-state index in [0.717, 1.165) is 45.6 Å². The molecule has 0 radical (unpaired) electrons. The van der Waals surface area contributed by atoms with E-state index in [2.05, 4.69) is 25.3 Å². The van der Waals surface area contributed by atoms with Gasteiger partial charge in [-0.25, -0.2) is 0 Å². The zero-order valence-electron chi connectivity index (χ0n) is 11.2. The first-order valence-electron chi connectivity index (χ1n) is 6.62. The maximum absolute atomic E-state index is 12.4. The van der Waals surface area contributed by atoms with E-state index >= 15 is 0 Å². The van der Waals surface area contributed by atoms with Crippen LogP contribution < -0.4 is 0 Å². The molecule has 1 atom stereocenters. The molecule has 17 heavy (non-hydrogen) atoms. The third-order valence-corrected chi connectivity index (χ3v) is 3.81. The van der Waals surface area contributed by atoms with Crippen molar-refractivity contribution in [3.05, 3.63) is 12.7 Å². The van der Waals surface area contributed by atoms with E-state index in [1.54, 1.807) is 0 Å². The van der Waals surface area contributed by atoms with Crippen LogP contribution in [0.15, 0.2) is 12.7 Å². The van der Waals surface area contributed by atoms with E-state index in [0.29, 0.717) is 12.2 Å². The molecular weight excluding hydrogens is 214 g/mol. The third-order valence-electron chi connectivity index (χ3n) is 3.81. The molecule has 1 heterocycles. The van der Waals surface area contributed by atoms with Crippen molar-refractivity contribution in [2.75, 3.05) is 26.3 Å². The van der Waals surface area contributed by atoms with Gasteiger partial charge >= 0.3 is 0 Å². The number of Topliss-reactive ketones (excluding diaryl/α,β-unsaturated/α-hetero) is 1. The van der Waals surface area contributed by atoms with Crippen molar-refractivity contribution >= 4 is 5.78 Å². The van der Waals surface area contributed by atoms with Crippen molar-refractivity contribution in [3.63, 3.8) is 0 Å². The van der Waals surface area contributed by atoms with E-state index in [-0.39, 0.29) is 5.54 Å². The minimum Gasteiger partial charge on any atom is -0.379 e. The molecule has 0 amide bonds. The van der Waals surface area contributed by atoms with Crippen molar-refractivity contribution in [2.24, 2.45) is 0 Å². The monoisotopic (exact) mass is 239 g/mol. The standard InChI is InChI=1S/C14H25NO2/c1-4-6-7-8-13(16)14(3,5-2)15-9-11-17-12-10-15/h4H,1,5-12H2,2-3H3. The Balaban J connectivity index is 2.58. The van der Waals surface area contributed by atoms with Crippen molar-refractivity contribution < 1.29 is 9.53 Å². The summed E-state index contributed by atoms with van der Waals surface area (Å²) in [5.41, 5.74) is -0.301. The average molecular weight is 239 g/mol. The Bertz CT molecular complexity index is 259. The molecule has 98 valence electrons. The lowest BCUT2D eigenvalue weighted by atomic mass is 9.87. The van der Waals surface area contributed by atoms with Crippen LogP contribution in [0.3, 0.4) is 0 Å². The summed E-state index contributed by atoms with van der Waals surface area (Å²) in [4.78, 5) is 14.6. The van der Waals surface area contributed by atoms with Gasteiger partial charge in [-0.3, -0.25) is 9.69 Å². The van der Waals surface area contributed by atoms with Gasteiger partial charge in [0.1, 0.15) is 0 Å². The number of morpholine rings is 1. The molecule has 1 fully saturated rings. The largest absolute Gasteiger partial charge is 0.379 e. The summed E-state index contributed by atoms with van der Waals surface area (Å²) in [6.07, 6.45) is 5.26. The van der Waals surface area contributed by atoms with Gasteiger partial charge in [0.25, 0.3) is 0 Å². The van der Waals surface area contributed by atoms with Gasteiger partial charge in [-0.05, 0) is 26.2 Å². The number of ketones is 1. The van der Waals surface area contributed by atoms with Crippen LogP contribution in [0.1, 0.15) is 39.5 Å². The molecule has 0 spiro atoms. The van der Waals surface area contributed by atoms with Gasteiger partial charge in [-0.15, -0.1) is 6.58 Å². The zero-order valence-corrected chi connectivity index (χ0v) is 11.2. The predicted molar refractivity (Wildman–Crippen MR) is 70.1 cm³/mol. The number of carbonyl (C=O) groups is 1. The summed E-state index contributed by atoms with van der Waals surface area (Å²) in [7, 11) is 0. The lowest BCUT2D eigenvalue weighted by Gasteiger charge is -2.41. The normalized spacial score (nSPS) is 20.8. The van der Waals surface area contributed by atoms with E-state index in [1.807, 2.05) is 6.08 Å². The lowest BCUT2D eigenvalue weighted by Crippen LogP contribution is -2.56. The highest BCUT2D eigenvalue weighted by molar-refractivity contribution is 5.87. The predicted octanol–water partition coefficient (Wildman–Crippen LogP) is 2.41. The van der Waals surface area contributed by atoms with Crippen molar-refractivity contribution in [1.29, 1.82) is 0 Å². The fraction of sp³-hybridized carbons (Fsp3) is 0.786. The summed E-state index contributed by atoms with van der Waals surface area (Å²) in [5.74, 6) is 0.365. The Hall–Kier alpha value is -0.670. The van der Waals surface area contributed by atoms with Crippen LogP contribution in [-0.4, -0.2) is 42.5 Å². The second-order valence-electron chi connectivity index (χ2n) is 4.83. The van der Waals surface area contributed by atoms with Gasteiger partial charge in [0.05, 0.1) is 18.8 Å². The molecule has 1 aliphatic rings. The highest BCUT2D eigenvalue weighted by atomic mass is 16.5. The molecule has 0 aliphatic carbocycles. The first-order valence-corrected chi connectivity index (χ1v) is 6.62. The molecule has 0 aromatic carbocycles. The number of unbranched alkanes of at least 4 members (excludes halogenated alkanes) is 1. The molecular formula is C14H25NO2. The average Bonchev–Trinajstić information content (AvgIpc) is 2.39. The van der Waals surface area contributed by atoms with Gasteiger partial charge in [-0.2, -0.15) is 0 Å². The van der Waals surface area contributed by atoms with E-state index in [9.17, 15) is 4.79 Å². The Morgan fingerprint density at radius 2 is 2.12 bits per heavy atom. The number of hydrogen-bond acceptors (Lipinski definition) is 3. The number of ether oxygens (including phenoxy) is 1. The number of carbonyl (C=O) groups excluding carboxylic acids is 1. The molecule has 0 bridgehead atoms. The molecule has 1 rings (SSSR count). The van der Waals surface area contributed by atoms with Gasteiger partial charge in [-0.1, -0.05) is 13.0 Å². The van der Waals surface area contributed by atoms with E-state index in [4.69, 9.17) is 4.74 Å². The smallest absolute Gasteiger partial charge is 0.152 e. The summed E-state index contributed by atoms with van der Waals surface area (Å²) in [5, 5.41) is 0. The topological polar surface area (TPSA) is 29.5 Å². The molecule has 1 saturated heterocycles. The first kappa shape index (κ1) is 14.4. The Kier molecular flexibility index (Phi) is 5.86. The molecule has 1 aliphatic heterocycles. The van der Waals surface area contributed by atoms with E-state index in [1.165, 1.54) is 0 Å². The Morgan fingerprint density at radius 3 is 2.65 bits per heavy atom. The molecule has 3 heteroatoms. The Labute approximate surface area is 105 Å². The second kappa shape index (κ2) is 6.92. The molecule has 0 N–H and O–H groups in total. The quantitative estimate of drug-likeness (QED) is 0.505. The highest BCUT2D eigenvalue weighted by Gasteiger charge is 2.37. The molecule has 0 aromatic rings. The number of hydrogen-bond donors (Lipinski definition) is 0. The van der Waals surface area contributed by atoms with Crippen LogP contribution >= 0.6 is 0 Å². The lowest BCUT2D eigenvalue weighted by molar-refractivity contribution is -0.134. The highest BCUT2D eigenvalue weighted by Crippen LogP contribution is 2.24. The van der Waals surface area contributed by atoms with Gasteiger partial charge in [0.15, 0.2) is 5.78 Å². The van der Waals surface area contributed by atoms with Crippen molar-refractivity contribution in [1.82, 2.24) is 4.90 Å². The summed E-state index contributed by atoms with van der Waals surface area (Å²) >= 11 is 0. The number of nitrogens with zero attached hydrogens (tertiary/aromatic N) is 1. The van der Waals surface area contributed by atoms with Crippen LogP contribution in [0.25, 0.3) is 0 Å². The van der Waals surface area contributed by atoms with Crippen LogP contribution in [0.5, 0.6) is 0 Å². The van der Waals surface area contributed by atoms with Crippen LogP contribution in [0.4, 0.5) is 0 Å². The van der Waals surface area contributed by atoms with Crippen LogP contribution in [0.2, 0.25) is 0 Å². The fourth-order valence-electron chi connectivity index (χ4n) is 2.33. The number of rotatable bonds is 7. The Morgan fingerprint density at radius 1 is 1.47 bits per heavy atom.